The van der Waals surface area contributed by atoms with Crippen molar-refractivity contribution in [2.45, 2.75) is 89.4 Å². The minimum absolute atomic E-state index is 0.104. The Morgan fingerprint density at radius 2 is 1.06 bits per heavy atom. The van der Waals surface area contributed by atoms with Crippen molar-refractivity contribution in [1.82, 2.24) is 40.4 Å². The number of hydrogen-bond donors (Lipinski definition) is 4. The van der Waals surface area contributed by atoms with Crippen LogP contribution in [0.5, 0.6) is 0 Å². The number of imidazole rings is 2. The van der Waals surface area contributed by atoms with Gasteiger partial charge < -0.3 is 39.9 Å². The van der Waals surface area contributed by atoms with Gasteiger partial charge in [-0.15, -0.1) is 0 Å². The highest BCUT2D eigenvalue weighted by molar-refractivity contribution is 6.06. The summed E-state index contributed by atoms with van der Waals surface area (Å²) in [6, 6.07) is 24.1. The highest BCUT2D eigenvalue weighted by Gasteiger charge is 2.58. The number of hydrogen-bond acceptors (Lipinski definition) is 8. The molecule has 2 aliphatic heterocycles. The molecule has 4 amide bonds. The number of carbonyl (C=O) groups is 4. The van der Waals surface area contributed by atoms with Crippen LogP contribution in [-0.4, -0.2) is 93.1 Å². The lowest BCUT2D eigenvalue weighted by atomic mass is 9.92. The van der Waals surface area contributed by atoms with Gasteiger partial charge in [-0.1, -0.05) is 76.2 Å². The molecule has 14 nitrogen and oxygen atoms in total. The van der Waals surface area contributed by atoms with E-state index in [4.69, 9.17) is 19.4 Å². The standard InChI is InChI=1S/C50H56N8O6/c1-27(2)41(55-47(61)63-5)43(59)57-25-29-17-19-49(57,23-29)45-51-37-15-13-31(21-39(37)53-45)33-9-7-12-36-34(10-8-11-35(33)36)32-14-16-38-40(22-32)54-46(52-38)50-20-18-30(24-50)26-58(50)44(60)42(28(3)4)56-48(62)64-6/h7-16,21-22,27-30,41-42H,17-20,23-26H2,1-6H3,(H,51,53)(H,52,54)(H,55,61)(H,56,62)/t29-,30-,41+,42+,49+,50?/m1/s1. The Balaban J connectivity index is 0.955. The Labute approximate surface area is 371 Å². The number of benzene rings is 4. The molecular formula is C50H56N8O6. The number of nitrogens with zero attached hydrogens (tertiary/aromatic N) is 4. The average Bonchev–Trinajstić information content (AvgIpc) is 4.17. The molecule has 10 rings (SSSR count). The third-order valence-corrected chi connectivity index (χ3v) is 14.8. The summed E-state index contributed by atoms with van der Waals surface area (Å²) in [5.74, 6) is 1.90. The topological polar surface area (TPSA) is 175 Å². The quantitative estimate of drug-likeness (QED) is 0.106. The number of methoxy groups -OCH3 is 2. The number of fused-ring (bicyclic) bond motifs is 7. The fourth-order valence-electron chi connectivity index (χ4n) is 11.5. The maximum absolute atomic E-state index is 14.2. The van der Waals surface area contributed by atoms with Gasteiger partial charge in [0, 0.05) is 13.1 Å². The number of rotatable bonds is 10. The number of carbonyl (C=O) groups excluding carboxylic acids is 4. The molecule has 4 aliphatic rings. The van der Waals surface area contributed by atoms with E-state index in [0.29, 0.717) is 24.9 Å². The zero-order chi connectivity index (χ0) is 44.7. The molecular weight excluding hydrogens is 809 g/mol. The monoisotopic (exact) mass is 864 g/mol. The van der Waals surface area contributed by atoms with Crippen LogP contribution in [0.2, 0.25) is 0 Å². The molecule has 2 saturated heterocycles. The molecule has 2 saturated carbocycles. The molecule has 0 spiro atoms. The Kier molecular flexibility index (Phi) is 10.2. The van der Waals surface area contributed by atoms with Crippen molar-refractivity contribution in [2.24, 2.45) is 23.7 Å². The molecule has 64 heavy (non-hydrogen) atoms. The number of H-pyrrole nitrogens is 2. The minimum atomic E-state index is -0.702. The maximum atomic E-state index is 14.2. The predicted molar refractivity (Wildman–Crippen MR) is 244 cm³/mol. The van der Waals surface area contributed by atoms with E-state index in [9.17, 15) is 19.2 Å². The number of aromatic amines is 2. The molecule has 6 aromatic rings. The van der Waals surface area contributed by atoms with E-state index in [0.717, 1.165) is 105 Å². The summed E-state index contributed by atoms with van der Waals surface area (Å²) >= 11 is 0. The van der Waals surface area contributed by atoms with E-state index in [1.807, 2.05) is 37.5 Å². The number of nitrogens with one attached hydrogen (secondary N) is 4. The van der Waals surface area contributed by atoms with Crippen LogP contribution in [0, 0.1) is 23.7 Å². The second-order valence-corrected chi connectivity index (χ2v) is 19.2. The van der Waals surface area contributed by atoms with Crippen LogP contribution in [0.15, 0.2) is 72.8 Å². The van der Waals surface area contributed by atoms with E-state index < -0.39 is 35.3 Å². The smallest absolute Gasteiger partial charge is 0.407 e. The van der Waals surface area contributed by atoms with Gasteiger partial charge in [-0.3, -0.25) is 9.59 Å². The summed E-state index contributed by atoms with van der Waals surface area (Å²) in [5.41, 5.74) is 6.64. The van der Waals surface area contributed by atoms with Gasteiger partial charge in [-0.2, -0.15) is 0 Å². The Hall–Kier alpha value is -6.44. The zero-order valence-electron chi connectivity index (χ0n) is 37.3. The summed E-state index contributed by atoms with van der Waals surface area (Å²) in [7, 11) is 2.62. The second kappa shape index (κ2) is 15.7. The number of ether oxygens (including phenoxy) is 2. The van der Waals surface area contributed by atoms with Gasteiger partial charge in [0.2, 0.25) is 11.8 Å². The third-order valence-electron chi connectivity index (χ3n) is 14.8. The van der Waals surface area contributed by atoms with Crippen molar-refractivity contribution < 1.29 is 28.7 Å². The summed E-state index contributed by atoms with van der Waals surface area (Å²) in [6.07, 6.45) is 4.10. The second-order valence-electron chi connectivity index (χ2n) is 19.2. The number of amides is 4. The molecule has 4 aromatic carbocycles. The lowest BCUT2D eigenvalue weighted by Gasteiger charge is -2.40. The van der Waals surface area contributed by atoms with Crippen LogP contribution in [0.25, 0.3) is 55.1 Å². The Bertz CT molecular complexity index is 2660. The van der Waals surface area contributed by atoms with E-state index in [1.54, 1.807) is 0 Å². The van der Waals surface area contributed by atoms with Crippen LogP contribution in [0.3, 0.4) is 0 Å². The van der Waals surface area contributed by atoms with Crippen molar-refractivity contribution in [1.29, 1.82) is 0 Å². The third kappa shape index (κ3) is 6.66. The maximum Gasteiger partial charge on any atom is 0.407 e. The molecule has 1 unspecified atom stereocenters. The molecule has 14 heteroatoms. The first-order valence-corrected chi connectivity index (χ1v) is 22.7. The van der Waals surface area contributed by atoms with Gasteiger partial charge in [-0.05, 0) is 119 Å². The van der Waals surface area contributed by atoms with Gasteiger partial charge in [0.05, 0.1) is 36.3 Å². The van der Waals surface area contributed by atoms with E-state index in [-0.39, 0.29) is 23.7 Å². The van der Waals surface area contributed by atoms with Gasteiger partial charge in [0.1, 0.15) is 34.8 Å². The number of piperidine rings is 2. The largest absolute Gasteiger partial charge is 0.453 e. The number of aromatic nitrogens is 4. The Morgan fingerprint density at radius 1 is 0.641 bits per heavy atom. The minimum Gasteiger partial charge on any atom is -0.453 e. The lowest BCUT2D eigenvalue weighted by molar-refractivity contribution is -0.141. The van der Waals surface area contributed by atoms with Gasteiger partial charge >= 0.3 is 12.2 Å². The van der Waals surface area contributed by atoms with E-state index in [1.165, 1.54) is 14.2 Å². The summed E-state index contributed by atoms with van der Waals surface area (Å²) in [4.78, 5) is 74.3. The first-order chi connectivity index (χ1) is 30.8. The molecule has 2 aromatic heterocycles. The van der Waals surface area contributed by atoms with Crippen LogP contribution < -0.4 is 10.6 Å². The molecule has 332 valence electrons. The number of alkyl carbamates (subject to hydrolysis) is 2. The lowest BCUT2D eigenvalue weighted by Crippen LogP contribution is -2.56. The van der Waals surface area contributed by atoms with Crippen molar-refractivity contribution in [2.75, 3.05) is 27.3 Å². The summed E-state index contributed by atoms with van der Waals surface area (Å²) in [5, 5.41) is 7.79. The van der Waals surface area contributed by atoms with Gasteiger partial charge in [0.25, 0.3) is 0 Å². The zero-order valence-corrected chi connectivity index (χ0v) is 37.3. The Morgan fingerprint density at radius 3 is 1.44 bits per heavy atom. The van der Waals surface area contributed by atoms with Gasteiger partial charge in [0.15, 0.2) is 0 Å². The van der Waals surface area contributed by atoms with Crippen LogP contribution in [0.1, 0.15) is 77.9 Å². The fraction of sp³-hybridized carbons (Fsp3) is 0.440. The average molecular weight is 865 g/mol. The molecule has 4 fully saturated rings. The molecule has 6 atom stereocenters. The summed E-state index contributed by atoms with van der Waals surface area (Å²) < 4.78 is 9.73. The normalized spacial score (nSPS) is 23.4. The van der Waals surface area contributed by atoms with E-state index >= 15 is 0 Å². The fourth-order valence-corrected chi connectivity index (χ4v) is 11.5. The van der Waals surface area contributed by atoms with Crippen molar-refractivity contribution >= 4 is 56.8 Å². The highest BCUT2D eigenvalue weighted by Crippen LogP contribution is 2.54. The molecule has 4 heterocycles. The van der Waals surface area contributed by atoms with E-state index in [2.05, 4.69) is 93.4 Å². The van der Waals surface area contributed by atoms with Crippen molar-refractivity contribution in [3.05, 3.63) is 84.4 Å². The molecule has 2 aliphatic carbocycles. The van der Waals surface area contributed by atoms with Crippen LogP contribution >= 0.6 is 0 Å². The first-order valence-electron chi connectivity index (χ1n) is 22.7. The number of likely N-dealkylation sites (tertiary alicyclic amines) is 2. The molecule has 4 bridgehead atoms. The summed E-state index contributed by atoms with van der Waals surface area (Å²) in [6.45, 7) is 9.01. The predicted octanol–water partition coefficient (Wildman–Crippen LogP) is 8.36. The first kappa shape index (κ1) is 41.6. The van der Waals surface area contributed by atoms with Gasteiger partial charge in [-0.25, -0.2) is 19.6 Å². The SMILES string of the molecule is COC(=O)N[C@H](C(=O)N1C[C@@H]2CCC1(c1nc3ccc(-c4cccc5c(-c6ccc7nc([C@@]89CC[C@@H](CN8C(=O)[C@@H](NC(=O)OC)C(C)C)C9)[nH]c7c6)cccc45)cc3[nH]1)C2)C(C)C. The van der Waals surface area contributed by atoms with Crippen LogP contribution in [0.4, 0.5) is 9.59 Å². The van der Waals surface area contributed by atoms with Crippen molar-refractivity contribution in [3.63, 3.8) is 0 Å². The van der Waals surface area contributed by atoms with Crippen molar-refractivity contribution in [3.8, 4) is 22.3 Å². The molecule has 4 N–H and O–H groups in total. The van der Waals surface area contributed by atoms with Crippen LogP contribution in [-0.2, 0) is 30.1 Å². The highest BCUT2D eigenvalue weighted by atomic mass is 16.5. The molecule has 0 radical (unpaired) electrons.